The van der Waals surface area contributed by atoms with Crippen LogP contribution >= 0.6 is 0 Å². The van der Waals surface area contributed by atoms with E-state index >= 15 is 0 Å². The Bertz CT molecular complexity index is 3720. The van der Waals surface area contributed by atoms with Crippen LogP contribution in [0.1, 0.15) is 50.1 Å². The maximum atomic E-state index is 6.98. The Morgan fingerprint density at radius 3 is 1.64 bits per heavy atom. The SMILES string of the molecule is C=C1/C=C\C=C/Oc2c1ccc1c2C2(c3ccccc3C3(c4ccccc4-c4ccccc43)c3ccccc32)c2c(-c3cc(-c4ccccc4)nc(-c4ccc5ccccc5c4)n3)cccc2-1. The lowest BCUT2D eigenvalue weighted by atomic mass is 9.52. The van der Waals surface area contributed by atoms with Crippen LogP contribution in [-0.2, 0) is 10.8 Å². The number of fused-ring (bicyclic) bond motifs is 19. The number of ether oxygens (including phenoxy) is 1. The molecule has 0 unspecified atom stereocenters. The Morgan fingerprint density at radius 2 is 0.925 bits per heavy atom. The van der Waals surface area contributed by atoms with E-state index < -0.39 is 10.8 Å². The molecule has 0 fully saturated rings. The predicted octanol–water partition coefficient (Wildman–Crippen LogP) is 15.1. The first-order chi connectivity index (χ1) is 33.2. The highest BCUT2D eigenvalue weighted by Gasteiger charge is 2.60. The minimum atomic E-state index is -0.879. The number of benzene rings is 9. The van der Waals surface area contributed by atoms with Crippen LogP contribution in [0.2, 0.25) is 0 Å². The van der Waals surface area contributed by atoms with Gasteiger partial charge in [-0.2, -0.15) is 0 Å². The van der Waals surface area contributed by atoms with Crippen LogP contribution in [0.3, 0.4) is 0 Å². The lowest BCUT2D eigenvalue weighted by Crippen LogP contribution is -2.44. The van der Waals surface area contributed by atoms with Crippen molar-refractivity contribution in [1.29, 1.82) is 0 Å². The maximum Gasteiger partial charge on any atom is 0.160 e. The summed E-state index contributed by atoms with van der Waals surface area (Å²) in [5.41, 5.74) is 19.7. The monoisotopic (exact) mass is 852 g/mol. The van der Waals surface area contributed by atoms with Crippen molar-refractivity contribution < 1.29 is 4.74 Å². The highest BCUT2D eigenvalue weighted by molar-refractivity contribution is 6.00. The van der Waals surface area contributed by atoms with Crippen LogP contribution in [0.5, 0.6) is 5.75 Å². The molecule has 0 amide bonds. The third kappa shape index (κ3) is 5.06. The first-order valence-electron chi connectivity index (χ1n) is 23.0. The average molecular weight is 853 g/mol. The van der Waals surface area contributed by atoms with Crippen molar-refractivity contribution in [3.05, 3.63) is 287 Å². The van der Waals surface area contributed by atoms with Gasteiger partial charge >= 0.3 is 0 Å². The quantitative estimate of drug-likeness (QED) is 0.178. The van der Waals surface area contributed by atoms with Gasteiger partial charge in [0.25, 0.3) is 0 Å². The zero-order valence-corrected chi connectivity index (χ0v) is 36.4. The van der Waals surface area contributed by atoms with E-state index in [0.29, 0.717) is 5.82 Å². The average Bonchev–Trinajstić information content (AvgIpc) is 3.86. The number of aromatic nitrogens is 2. The summed E-state index contributed by atoms with van der Waals surface area (Å²) >= 11 is 0. The molecule has 3 nitrogen and oxygen atoms in total. The third-order valence-electron chi connectivity index (χ3n) is 14.8. The fourth-order valence-corrected chi connectivity index (χ4v) is 12.2. The van der Waals surface area contributed by atoms with E-state index in [1.165, 1.54) is 55.5 Å². The lowest BCUT2D eigenvalue weighted by molar-refractivity contribution is 0.465. The molecule has 14 rings (SSSR count). The second kappa shape index (κ2) is 14.2. The van der Waals surface area contributed by atoms with E-state index in [4.69, 9.17) is 14.7 Å². The Balaban J connectivity index is 1.14. The van der Waals surface area contributed by atoms with Gasteiger partial charge < -0.3 is 4.74 Å². The summed E-state index contributed by atoms with van der Waals surface area (Å²) in [4.78, 5) is 11.0. The predicted molar refractivity (Wildman–Crippen MR) is 272 cm³/mol. The maximum absolute atomic E-state index is 6.98. The topological polar surface area (TPSA) is 35.0 Å². The normalized spacial score (nSPS) is 15.8. The van der Waals surface area contributed by atoms with Gasteiger partial charge in [-0.25, -0.2) is 9.97 Å². The fraction of sp³-hybridized carbons (Fsp3) is 0.0312. The Kier molecular flexibility index (Phi) is 7.97. The molecule has 4 aliphatic rings. The number of nitrogens with zero attached hydrogens (tertiary/aromatic N) is 2. The van der Waals surface area contributed by atoms with Crippen LogP contribution < -0.4 is 4.74 Å². The van der Waals surface area contributed by atoms with Gasteiger partial charge in [-0.05, 0) is 95.8 Å². The first kappa shape index (κ1) is 37.7. The molecule has 0 radical (unpaired) electrons. The molecule has 0 saturated carbocycles. The number of hydrogen-bond donors (Lipinski definition) is 0. The third-order valence-corrected chi connectivity index (χ3v) is 14.8. The van der Waals surface area contributed by atoms with E-state index in [1.54, 1.807) is 0 Å². The first-order valence-corrected chi connectivity index (χ1v) is 23.0. The van der Waals surface area contributed by atoms with Crippen LogP contribution in [0, 0.1) is 0 Å². The molecule has 312 valence electrons. The molecule has 67 heavy (non-hydrogen) atoms. The van der Waals surface area contributed by atoms with E-state index in [2.05, 4.69) is 219 Å². The zero-order valence-electron chi connectivity index (χ0n) is 36.4. The standard InChI is InChI=1S/C64H40N2O/c1-40-18-15-16-37-67-61-45(40)35-36-49-48-25-17-26-50(58-39-57(42-20-3-2-4-21-42)65-62(66-58)44-34-33-41-19-5-6-22-43(41)38-44)59(48)64(60(49)61)55-31-13-11-29-53(55)63(54-30-12-14-32-56(54)64)51-27-9-7-23-46(51)47-24-8-10-28-52(47)63/h2-39H,1H2/b18-15-,37-16-. The second-order valence-electron chi connectivity index (χ2n) is 18.0. The molecule has 0 saturated heterocycles. The van der Waals surface area contributed by atoms with Gasteiger partial charge in [0.2, 0.25) is 0 Å². The van der Waals surface area contributed by atoms with E-state index in [1.807, 2.05) is 18.4 Å². The summed E-state index contributed by atoms with van der Waals surface area (Å²) in [6, 6.07) is 75.4. The highest BCUT2D eigenvalue weighted by atomic mass is 16.5. The Morgan fingerprint density at radius 1 is 0.373 bits per heavy atom. The molecular formula is C64H40N2O. The summed E-state index contributed by atoms with van der Waals surface area (Å²) in [6.45, 7) is 4.61. The molecule has 3 aliphatic carbocycles. The summed E-state index contributed by atoms with van der Waals surface area (Å²) in [6.07, 6.45) is 7.85. The fourth-order valence-electron chi connectivity index (χ4n) is 12.2. The van der Waals surface area contributed by atoms with Gasteiger partial charge in [0.05, 0.1) is 28.5 Å². The van der Waals surface area contributed by atoms with E-state index in [-0.39, 0.29) is 0 Å². The minimum absolute atomic E-state index is 0.599. The largest absolute Gasteiger partial charge is 0.464 e. The van der Waals surface area contributed by atoms with Crippen molar-refractivity contribution in [3.8, 4) is 61.9 Å². The van der Waals surface area contributed by atoms with Crippen LogP contribution in [0.4, 0.5) is 0 Å². The number of hydrogen-bond acceptors (Lipinski definition) is 3. The second-order valence-corrected chi connectivity index (χ2v) is 18.0. The summed E-state index contributed by atoms with van der Waals surface area (Å²) in [7, 11) is 0. The van der Waals surface area contributed by atoms with Gasteiger partial charge in [0, 0.05) is 27.8 Å². The molecule has 0 N–H and O–H groups in total. The molecule has 2 spiro atoms. The molecule has 2 heterocycles. The van der Waals surface area contributed by atoms with Crippen LogP contribution in [0.15, 0.2) is 237 Å². The van der Waals surface area contributed by atoms with Crippen molar-refractivity contribution in [3.63, 3.8) is 0 Å². The molecule has 0 atom stereocenters. The van der Waals surface area contributed by atoms with Gasteiger partial charge in [-0.3, -0.25) is 0 Å². The molecule has 1 aromatic heterocycles. The number of allylic oxidation sites excluding steroid dienone is 4. The summed E-state index contributed by atoms with van der Waals surface area (Å²) in [5.74, 6) is 1.48. The molecule has 3 heteroatoms. The van der Waals surface area contributed by atoms with Crippen molar-refractivity contribution in [2.45, 2.75) is 10.8 Å². The molecule has 0 bridgehead atoms. The lowest BCUT2D eigenvalue weighted by Gasteiger charge is -2.49. The summed E-state index contributed by atoms with van der Waals surface area (Å²) < 4.78 is 6.98. The summed E-state index contributed by atoms with van der Waals surface area (Å²) in [5, 5.41) is 2.32. The molecule has 1 aliphatic heterocycles. The van der Waals surface area contributed by atoms with Gasteiger partial charge in [-0.1, -0.05) is 213 Å². The minimum Gasteiger partial charge on any atom is -0.464 e. The van der Waals surface area contributed by atoms with Crippen molar-refractivity contribution in [1.82, 2.24) is 9.97 Å². The van der Waals surface area contributed by atoms with Crippen molar-refractivity contribution >= 4 is 16.3 Å². The van der Waals surface area contributed by atoms with Gasteiger partial charge in [0.15, 0.2) is 5.82 Å². The Labute approximate surface area is 389 Å². The smallest absolute Gasteiger partial charge is 0.160 e. The highest BCUT2D eigenvalue weighted by Crippen LogP contribution is 2.70. The van der Waals surface area contributed by atoms with E-state index in [9.17, 15) is 0 Å². The van der Waals surface area contributed by atoms with Crippen LogP contribution in [-0.4, -0.2) is 9.97 Å². The van der Waals surface area contributed by atoms with E-state index in [0.717, 1.165) is 67.0 Å². The van der Waals surface area contributed by atoms with Crippen LogP contribution in [0.25, 0.3) is 72.5 Å². The molecule has 9 aromatic carbocycles. The molecular weight excluding hydrogens is 813 g/mol. The molecule has 10 aromatic rings. The van der Waals surface area contributed by atoms with Crippen molar-refractivity contribution in [2.24, 2.45) is 0 Å². The van der Waals surface area contributed by atoms with Crippen molar-refractivity contribution in [2.75, 3.05) is 0 Å². The van der Waals surface area contributed by atoms with Gasteiger partial charge in [0.1, 0.15) is 5.75 Å². The number of rotatable bonds is 3. The van der Waals surface area contributed by atoms with Gasteiger partial charge in [-0.15, -0.1) is 0 Å². The Hall–Kier alpha value is -8.66. The zero-order chi connectivity index (χ0) is 44.3.